The third kappa shape index (κ3) is 4.52. The number of rotatable bonds is 7. The van der Waals surface area contributed by atoms with E-state index in [1.165, 1.54) is 18.2 Å². The van der Waals surface area contributed by atoms with E-state index in [1.54, 1.807) is 38.3 Å². The van der Waals surface area contributed by atoms with E-state index in [4.69, 9.17) is 4.74 Å². The molecule has 2 N–H and O–H groups in total. The number of carboxylic acids is 1. The molecule has 0 spiro atoms. The number of phenols is 1. The largest absolute Gasteiger partial charge is 0.508 e. The highest BCUT2D eigenvalue weighted by molar-refractivity contribution is 5.99. The van der Waals surface area contributed by atoms with Gasteiger partial charge in [-0.2, -0.15) is 0 Å². The molecule has 0 saturated carbocycles. The monoisotopic (exact) mass is 415 g/mol. The van der Waals surface area contributed by atoms with Crippen LogP contribution in [0.5, 0.6) is 5.75 Å². The van der Waals surface area contributed by atoms with Crippen molar-refractivity contribution < 1.29 is 28.9 Å². The molecule has 1 heterocycles. The van der Waals surface area contributed by atoms with Gasteiger partial charge in [0.1, 0.15) is 11.6 Å². The van der Waals surface area contributed by atoms with Crippen molar-refractivity contribution in [3.05, 3.63) is 65.0 Å². The highest BCUT2D eigenvalue weighted by Gasteiger charge is 2.45. The summed E-state index contributed by atoms with van der Waals surface area (Å²) in [6.45, 7) is 3.06. The molecule has 0 bridgehead atoms. The van der Waals surface area contributed by atoms with Gasteiger partial charge in [-0.15, -0.1) is 0 Å². The third-order valence-electron chi connectivity index (χ3n) is 5.84. The zero-order chi connectivity index (χ0) is 21.8. The molecule has 160 valence electrons. The summed E-state index contributed by atoms with van der Waals surface area (Å²) in [6, 6.07) is 10.6. The molecule has 1 aliphatic rings. The number of halogens is 1. The fourth-order valence-electron chi connectivity index (χ4n) is 4.31. The van der Waals surface area contributed by atoms with E-state index in [-0.39, 0.29) is 18.1 Å². The topological polar surface area (TPSA) is 87.1 Å². The van der Waals surface area contributed by atoms with Crippen LogP contribution in [-0.4, -0.2) is 60.2 Å². The second kappa shape index (κ2) is 9.36. The summed E-state index contributed by atoms with van der Waals surface area (Å²) in [5.74, 6) is -4.05. The van der Waals surface area contributed by atoms with Crippen molar-refractivity contribution in [2.75, 3.05) is 33.4 Å². The van der Waals surface area contributed by atoms with Gasteiger partial charge in [0.15, 0.2) is 5.78 Å². The predicted octanol–water partition coefficient (Wildman–Crippen LogP) is 3.09. The molecule has 1 aliphatic heterocycles. The molecule has 0 aromatic heterocycles. The summed E-state index contributed by atoms with van der Waals surface area (Å²) < 4.78 is 19.4. The van der Waals surface area contributed by atoms with Crippen LogP contribution in [0.3, 0.4) is 0 Å². The summed E-state index contributed by atoms with van der Waals surface area (Å²) in [7, 11) is 1.56. The van der Waals surface area contributed by atoms with Gasteiger partial charge >= 0.3 is 5.97 Å². The molecule has 3 atom stereocenters. The number of nitrogens with zero attached hydrogens (tertiary/aromatic N) is 1. The molecule has 7 heteroatoms. The Kier molecular flexibility index (Phi) is 6.84. The average molecular weight is 415 g/mol. The van der Waals surface area contributed by atoms with E-state index in [0.717, 1.165) is 0 Å². The quantitative estimate of drug-likeness (QED) is 0.676. The number of ketones is 1. The predicted molar refractivity (Wildman–Crippen MR) is 109 cm³/mol. The van der Waals surface area contributed by atoms with Gasteiger partial charge in [0, 0.05) is 44.1 Å². The van der Waals surface area contributed by atoms with Crippen LogP contribution in [0, 0.1) is 24.6 Å². The first kappa shape index (κ1) is 21.9. The number of aliphatic carboxylic acids is 1. The smallest absolute Gasteiger partial charge is 0.308 e. The summed E-state index contributed by atoms with van der Waals surface area (Å²) in [4.78, 5) is 27.6. The number of ether oxygens (including phenoxy) is 1. The fraction of sp³-hybridized carbons (Fsp3) is 0.391. The number of benzene rings is 2. The maximum atomic E-state index is 14.3. The molecule has 30 heavy (non-hydrogen) atoms. The standard InChI is InChI=1S/C23H26FNO5/c1-14-17(7-4-8-20(14)24)21-18(22(27)15-5-3-6-16(26)11-15)12-25(9-10-30-2)13-19(21)23(28)29/h3-8,11,18-19,21,26H,9-10,12-13H2,1-2H3,(H,28,29). The van der Waals surface area contributed by atoms with Crippen LogP contribution in [-0.2, 0) is 9.53 Å². The van der Waals surface area contributed by atoms with Gasteiger partial charge in [-0.05, 0) is 36.2 Å². The summed E-state index contributed by atoms with van der Waals surface area (Å²) >= 11 is 0. The van der Waals surface area contributed by atoms with Gasteiger partial charge < -0.3 is 14.9 Å². The van der Waals surface area contributed by atoms with E-state index >= 15 is 0 Å². The number of carbonyl (C=O) groups excluding carboxylic acids is 1. The number of phenolic OH excluding ortho intramolecular Hbond substituents is 1. The molecule has 1 saturated heterocycles. The van der Waals surface area contributed by atoms with Gasteiger partial charge in [-0.25, -0.2) is 4.39 Å². The van der Waals surface area contributed by atoms with Crippen molar-refractivity contribution in [3.63, 3.8) is 0 Å². The fourth-order valence-corrected chi connectivity index (χ4v) is 4.31. The lowest BCUT2D eigenvalue weighted by atomic mass is 9.70. The van der Waals surface area contributed by atoms with E-state index in [1.807, 2.05) is 4.90 Å². The Labute approximate surface area is 174 Å². The zero-order valence-corrected chi connectivity index (χ0v) is 17.0. The number of Topliss-reactive ketones (excluding diaryl/α,β-unsaturated/α-hetero) is 1. The lowest BCUT2D eigenvalue weighted by molar-refractivity contribution is -0.145. The molecule has 0 radical (unpaired) electrons. The number of carboxylic acid groups (broad SMARTS) is 1. The van der Waals surface area contributed by atoms with Crippen LogP contribution in [0.4, 0.5) is 4.39 Å². The number of methoxy groups -OCH3 is 1. The molecular formula is C23H26FNO5. The molecule has 6 nitrogen and oxygen atoms in total. The van der Waals surface area contributed by atoms with E-state index in [2.05, 4.69) is 0 Å². The van der Waals surface area contributed by atoms with Crippen LogP contribution in [0.25, 0.3) is 0 Å². The zero-order valence-electron chi connectivity index (χ0n) is 17.0. The number of likely N-dealkylation sites (tertiary alicyclic amines) is 1. The normalized spacial score (nSPS) is 22.0. The van der Waals surface area contributed by atoms with E-state index < -0.39 is 29.5 Å². The minimum absolute atomic E-state index is 0.0406. The number of carbonyl (C=O) groups is 2. The Morgan fingerprint density at radius 1 is 1.17 bits per heavy atom. The lowest BCUT2D eigenvalue weighted by Gasteiger charge is -2.42. The molecule has 3 rings (SSSR count). The Bertz CT molecular complexity index is 932. The number of piperidine rings is 1. The van der Waals surface area contributed by atoms with Crippen molar-refractivity contribution in [1.29, 1.82) is 0 Å². The maximum Gasteiger partial charge on any atom is 0.308 e. The first-order valence-electron chi connectivity index (χ1n) is 9.85. The summed E-state index contributed by atoms with van der Waals surface area (Å²) in [6.07, 6.45) is 0. The second-order valence-corrected chi connectivity index (χ2v) is 7.70. The summed E-state index contributed by atoms with van der Waals surface area (Å²) in [5, 5.41) is 19.8. The van der Waals surface area contributed by atoms with Crippen LogP contribution in [0.1, 0.15) is 27.4 Å². The average Bonchev–Trinajstić information content (AvgIpc) is 2.73. The number of hydrogen-bond donors (Lipinski definition) is 2. The first-order valence-corrected chi connectivity index (χ1v) is 9.85. The molecule has 0 amide bonds. The van der Waals surface area contributed by atoms with Crippen molar-refractivity contribution in [2.45, 2.75) is 12.8 Å². The van der Waals surface area contributed by atoms with Gasteiger partial charge in [0.05, 0.1) is 12.5 Å². The minimum Gasteiger partial charge on any atom is -0.508 e. The Morgan fingerprint density at radius 2 is 1.87 bits per heavy atom. The highest BCUT2D eigenvalue weighted by atomic mass is 19.1. The van der Waals surface area contributed by atoms with Crippen molar-refractivity contribution in [1.82, 2.24) is 4.90 Å². The number of aromatic hydroxyl groups is 1. The summed E-state index contributed by atoms with van der Waals surface area (Å²) in [5.41, 5.74) is 1.19. The van der Waals surface area contributed by atoms with E-state index in [9.17, 15) is 24.2 Å². The molecule has 2 aromatic rings. The Hall–Kier alpha value is -2.77. The van der Waals surface area contributed by atoms with Crippen molar-refractivity contribution in [3.8, 4) is 5.75 Å². The van der Waals surface area contributed by atoms with Crippen LogP contribution in [0.2, 0.25) is 0 Å². The van der Waals surface area contributed by atoms with Crippen LogP contribution in [0.15, 0.2) is 42.5 Å². The number of hydrogen-bond acceptors (Lipinski definition) is 5. The van der Waals surface area contributed by atoms with Crippen LogP contribution < -0.4 is 0 Å². The molecule has 2 aromatic carbocycles. The molecule has 3 unspecified atom stereocenters. The molecule has 1 fully saturated rings. The van der Waals surface area contributed by atoms with Gasteiger partial charge in [-0.3, -0.25) is 14.5 Å². The molecular weight excluding hydrogens is 389 g/mol. The van der Waals surface area contributed by atoms with Gasteiger partial charge in [0.25, 0.3) is 0 Å². The third-order valence-corrected chi connectivity index (χ3v) is 5.84. The van der Waals surface area contributed by atoms with E-state index in [0.29, 0.717) is 36.4 Å². The molecule has 0 aliphatic carbocycles. The Morgan fingerprint density at radius 3 is 2.53 bits per heavy atom. The van der Waals surface area contributed by atoms with Crippen molar-refractivity contribution in [2.24, 2.45) is 11.8 Å². The van der Waals surface area contributed by atoms with Crippen molar-refractivity contribution >= 4 is 11.8 Å². The minimum atomic E-state index is -1.03. The van der Waals surface area contributed by atoms with Crippen LogP contribution >= 0.6 is 0 Å². The Balaban J connectivity index is 2.08. The SMILES string of the molecule is COCCN1CC(C(=O)O)C(c2cccc(F)c2C)C(C(=O)c2cccc(O)c2)C1. The van der Waals surface area contributed by atoms with Gasteiger partial charge in [0.2, 0.25) is 0 Å². The maximum absolute atomic E-state index is 14.3. The lowest BCUT2D eigenvalue weighted by Crippen LogP contribution is -2.51. The second-order valence-electron chi connectivity index (χ2n) is 7.70. The highest BCUT2D eigenvalue weighted by Crippen LogP contribution is 2.41. The van der Waals surface area contributed by atoms with Gasteiger partial charge in [-0.1, -0.05) is 24.3 Å². The first-order chi connectivity index (χ1) is 14.3.